The Morgan fingerprint density at radius 3 is 2.52 bits per heavy atom. The number of aromatic nitrogens is 3. The Hall–Kier alpha value is -3.46. The van der Waals surface area contributed by atoms with Gasteiger partial charge in [0.1, 0.15) is 0 Å². The van der Waals surface area contributed by atoms with Crippen LogP contribution in [0.1, 0.15) is 36.9 Å². The van der Waals surface area contributed by atoms with Gasteiger partial charge in [-0.1, -0.05) is 18.2 Å². The van der Waals surface area contributed by atoms with E-state index in [1.165, 1.54) is 0 Å². The second-order valence-electron chi connectivity index (χ2n) is 8.30. The first-order valence-electron chi connectivity index (χ1n) is 10.9. The van der Waals surface area contributed by atoms with Crippen LogP contribution >= 0.6 is 0 Å². The summed E-state index contributed by atoms with van der Waals surface area (Å²) in [5, 5.41) is 9.49. The van der Waals surface area contributed by atoms with E-state index in [2.05, 4.69) is 15.5 Å². The average Bonchev–Trinajstić information content (AvgIpc) is 3.41. The highest BCUT2D eigenvalue weighted by Gasteiger charge is 2.36. The normalized spacial score (nSPS) is 18.9. The molecule has 2 fully saturated rings. The van der Waals surface area contributed by atoms with Crippen LogP contribution in [0.15, 0.2) is 59.8 Å². The number of rotatable bonds is 7. The smallest absolute Gasteiger partial charge is 0.221 e. The number of benzene rings is 1. The van der Waals surface area contributed by atoms with Crippen LogP contribution in [0.5, 0.6) is 5.88 Å². The van der Waals surface area contributed by atoms with E-state index in [0.29, 0.717) is 29.3 Å². The number of hydrogen-bond acceptors (Lipinski definition) is 6. The molecule has 9 heteroatoms. The monoisotopic (exact) mass is 464 g/mol. The van der Waals surface area contributed by atoms with Crippen molar-refractivity contribution in [3.63, 3.8) is 0 Å². The van der Waals surface area contributed by atoms with Crippen LogP contribution in [-0.4, -0.2) is 47.9 Å². The fourth-order valence-electron chi connectivity index (χ4n) is 4.05. The Kier molecular flexibility index (Phi) is 5.49. The minimum Gasteiger partial charge on any atom is -0.481 e. The molecular formula is C24H24N4O4S. The number of nitrogens with one attached hydrogen (secondary N) is 2. The maximum atomic E-state index is 12.6. The predicted octanol–water partition coefficient (Wildman–Crippen LogP) is 3.13. The molecule has 2 N–H and O–H groups in total. The fraction of sp³-hybridized carbons (Fsp3) is 0.292. The topological polar surface area (TPSA) is 114 Å². The molecule has 1 saturated heterocycles. The number of hydrogen-bond donors (Lipinski definition) is 2. The van der Waals surface area contributed by atoms with E-state index < -0.39 is 9.84 Å². The molecule has 0 radical (unpaired) electrons. The van der Waals surface area contributed by atoms with Crippen LogP contribution in [0.25, 0.3) is 16.7 Å². The number of ether oxygens (including phenoxy) is 1. The number of methoxy groups -OCH3 is 1. The van der Waals surface area contributed by atoms with E-state index in [1.54, 1.807) is 43.8 Å². The second kappa shape index (κ2) is 8.47. The van der Waals surface area contributed by atoms with E-state index >= 15 is 0 Å². The molecule has 1 amide bonds. The third kappa shape index (κ3) is 4.28. The molecule has 3 heterocycles. The van der Waals surface area contributed by atoms with Crippen molar-refractivity contribution in [3.05, 3.63) is 66.1 Å². The number of pyridine rings is 1. The van der Waals surface area contributed by atoms with Crippen molar-refractivity contribution < 1.29 is 17.9 Å². The number of sulfone groups is 1. The molecule has 1 aliphatic heterocycles. The van der Waals surface area contributed by atoms with Crippen LogP contribution in [-0.2, 0) is 14.6 Å². The maximum Gasteiger partial charge on any atom is 0.221 e. The second-order valence-corrected chi connectivity index (χ2v) is 10.5. The van der Waals surface area contributed by atoms with E-state index in [9.17, 15) is 13.2 Å². The lowest BCUT2D eigenvalue weighted by Gasteiger charge is -2.14. The third-order valence-corrected chi connectivity index (χ3v) is 8.27. The molecule has 0 unspecified atom stereocenters. The molecule has 8 nitrogen and oxygen atoms in total. The van der Waals surface area contributed by atoms with Crippen LogP contribution in [0.2, 0.25) is 0 Å². The number of nitrogens with zero attached hydrogens (tertiary/aromatic N) is 2. The van der Waals surface area contributed by atoms with Gasteiger partial charge in [-0.05, 0) is 49.1 Å². The number of amides is 1. The zero-order valence-electron chi connectivity index (χ0n) is 18.1. The molecule has 5 rings (SSSR count). The van der Waals surface area contributed by atoms with E-state index in [-0.39, 0.29) is 17.2 Å². The Labute approximate surface area is 192 Å². The molecule has 1 aliphatic carbocycles. The van der Waals surface area contributed by atoms with E-state index in [4.69, 9.17) is 9.72 Å². The highest BCUT2D eigenvalue weighted by molar-refractivity contribution is 7.92. The van der Waals surface area contributed by atoms with Gasteiger partial charge in [0.2, 0.25) is 11.8 Å². The summed E-state index contributed by atoms with van der Waals surface area (Å²) in [4.78, 5) is 16.8. The summed E-state index contributed by atoms with van der Waals surface area (Å²) < 4.78 is 30.7. The first kappa shape index (κ1) is 21.4. The van der Waals surface area contributed by atoms with Gasteiger partial charge < -0.3 is 10.1 Å². The summed E-state index contributed by atoms with van der Waals surface area (Å²) in [6, 6.07) is 10.6. The first-order chi connectivity index (χ1) is 16.0. The van der Waals surface area contributed by atoms with Crippen molar-refractivity contribution in [2.24, 2.45) is 0 Å². The first-order valence-corrected chi connectivity index (χ1v) is 12.4. The van der Waals surface area contributed by atoms with Crippen LogP contribution in [0.4, 0.5) is 0 Å². The molecule has 2 aliphatic rings. The summed E-state index contributed by atoms with van der Waals surface area (Å²) in [5.41, 5.74) is 3.94. The van der Waals surface area contributed by atoms with Crippen molar-refractivity contribution >= 4 is 21.3 Å². The van der Waals surface area contributed by atoms with Crippen molar-refractivity contribution in [2.75, 3.05) is 7.11 Å². The molecule has 170 valence electrons. The maximum absolute atomic E-state index is 12.6. The molecule has 33 heavy (non-hydrogen) atoms. The zero-order valence-corrected chi connectivity index (χ0v) is 18.9. The number of H-pyrrole nitrogens is 1. The average molecular weight is 465 g/mol. The van der Waals surface area contributed by atoms with Crippen molar-refractivity contribution in [2.45, 2.75) is 41.9 Å². The van der Waals surface area contributed by atoms with Crippen molar-refractivity contribution in [3.8, 4) is 17.0 Å². The lowest BCUT2D eigenvalue weighted by Crippen LogP contribution is -2.23. The Bertz CT molecular complexity index is 1310. The van der Waals surface area contributed by atoms with Gasteiger partial charge in [0.15, 0.2) is 9.84 Å². The summed E-state index contributed by atoms with van der Waals surface area (Å²) >= 11 is 0. The molecule has 2 aromatic heterocycles. The SMILES string of the molecule is COc1nc(/C(=C/[C@H]2CCC(=O)N2)c2ccc(S(=O)(=O)C3CC3)cc2)ccc1-c1cn[nH]c1. The summed E-state index contributed by atoms with van der Waals surface area (Å²) in [7, 11) is -1.70. The number of carbonyl (C=O) groups excluding carboxylic acids is 1. The lowest BCUT2D eigenvalue weighted by molar-refractivity contribution is -0.119. The fourth-order valence-corrected chi connectivity index (χ4v) is 5.71. The molecule has 1 atom stereocenters. The Balaban J connectivity index is 1.55. The highest BCUT2D eigenvalue weighted by Crippen LogP contribution is 2.35. The summed E-state index contributed by atoms with van der Waals surface area (Å²) in [6.07, 6.45) is 8.07. The highest BCUT2D eigenvalue weighted by atomic mass is 32.2. The minimum absolute atomic E-state index is 0.0160. The quantitative estimate of drug-likeness (QED) is 0.555. The predicted molar refractivity (Wildman–Crippen MR) is 123 cm³/mol. The van der Waals surface area contributed by atoms with E-state index in [0.717, 1.165) is 35.1 Å². The summed E-state index contributed by atoms with van der Waals surface area (Å²) in [5.74, 6) is 0.463. The number of aromatic amines is 1. The van der Waals surface area contributed by atoms with E-state index in [1.807, 2.05) is 18.2 Å². The largest absolute Gasteiger partial charge is 0.481 e. The van der Waals surface area contributed by atoms with Crippen molar-refractivity contribution in [1.29, 1.82) is 0 Å². The van der Waals surface area contributed by atoms with Crippen LogP contribution < -0.4 is 10.1 Å². The van der Waals surface area contributed by atoms with Gasteiger partial charge in [-0.3, -0.25) is 9.89 Å². The van der Waals surface area contributed by atoms with Gasteiger partial charge >= 0.3 is 0 Å². The standard InChI is InChI=1S/C24H24N4O4S/c1-32-24-20(16-13-25-26-14-16)9-10-22(28-24)21(12-17-4-11-23(29)27-17)15-2-5-18(6-3-15)33(30,31)19-7-8-19/h2-3,5-6,9-10,12-14,17,19H,4,7-8,11H2,1H3,(H,25,26)(H,27,29)/b21-12+/t17-/m1/s1. The third-order valence-electron chi connectivity index (χ3n) is 5.99. The molecular weight excluding hydrogens is 440 g/mol. The van der Waals surface area contributed by atoms with Gasteiger partial charge in [0.25, 0.3) is 0 Å². The minimum atomic E-state index is -3.26. The number of carbonyl (C=O) groups is 1. The molecule has 0 bridgehead atoms. The summed E-state index contributed by atoms with van der Waals surface area (Å²) in [6.45, 7) is 0. The van der Waals surface area contributed by atoms with Crippen molar-refractivity contribution in [1.82, 2.24) is 20.5 Å². The Morgan fingerprint density at radius 1 is 1.12 bits per heavy atom. The van der Waals surface area contributed by atoms with Gasteiger partial charge in [-0.2, -0.15) is 5.10 Å². The molecule has 1 aromatic carbocycles. The van der Waals surface area contributed by atoms with Gasteiger partial charge in [-0.15, -0.1) is 0 Å². The lowest BCUT2D eigenvalue weighted by atomic mass is 9.98. The molecule has 0 spiro atoms. The van der Waals surface area contributed by atoms with Crippen LogP contribution in [0, 0.1) is 0 Å². The Morgan fingerprint density at radius 2 is 1.91 bits per heavy atom. The molecule has 1 saturated carbocycles. The molecule has 3 aromatic rings. The van der Waals surface area contributed by atoms with Gasteiger partial charge in [-0.25, -0.2) is 13.4 Å². The zero-order chi connectivity index (χ0) is 23.0. The van der Waals surface area contributed by atoms with Crippen LogP contribution in [0.3, 0.4) is 0 Å². The van der Waals surface area contributed by atoms with Gasteiger partial charge in [0, 0.05) is 35.4 Å². The van der Waals surface area contributed by atoms with Gasteiger partial charge in [0.05, 0.1) is 29.1 Å².